The van der Waals surface area contributed by atoms with Gasteiger partial charge >= 0.3 is 0 Å². The summed E-state index contributed by atoms with van der Waals surface area (Å²) in [5, 5.41) is 3.12. The number of hydrogen-bond acceptors (Lipinski definition) is 4. The lowest BCUT2D eigenvalue weighted by Crippen LogP contribution is -2.50. The van der Waals surface area contributed by atoms with Crippen LogP contribution in [0.4, 0.5) is 0 Å². The summed E-state index contributed by atoms with van der Waals surface area (Å²) < 4.78 is 5.42. The van der Waals surface area contributed by atoms with Crippen LogP contribution in [0.15, 0.2) is 24.3 Å². The predicted octanol–water partition coefficient (Wildman–Crippen LogP) is 2.72. The molecule has 1 aromatic rings. The lowest BCUT2D eigenvalue weighted by atomic mass is 10.0. The van der Waals surface area contributed by atoms with E-state index in [4.69, 9.17) is 4.74 Å². The summed E-state index contributed by atoms with van der Waals surface area (Å²) in [5.74, 6) is 1.45. The first kappa shape index (κ1) is 17.1. The Hall–Kier alpha value is -1.69. The van der Waals surface area contributed by atoms with E-state index in [1.165, 1.54) is 0 Å². The minimum absolute atomic E-state index is 0.0702. The molecule has 2 heterocycles. The van der Waals surface area contributed by atoms with Crippen molar-refractivity contribution in [2.75, 3.05) is 12.9 Å². The summed E-state index contributed by atoms with van der Waals surface area (Å²) in [4.78, 5) is 26.6. The zero-order valence-corrected chi connectivity index (χ0v) is 15.2. The van der Waals surface area contributed by atoms with E-state index in [1.807, 2.05) is 31.2 Å². The number of benzene rings is 1. The molecule has 130 valence electrons. The van der Waals surface area contributed by atoms with Crippen molar-refractivity contribution in [3.8, 4) is 5.75 Å². The van der Waals surface area contributed by atoms with Crippen molar-refractivity contribution >= 4 is 23.6 Å². The Bertz CT molecular complexity index is 651. The molecule has 3 atom stereocenters. The van der Waals surface area contributed by atoms with Gasteiger partial charge in [-0.05, 0) is 25.8 Å². The molecule has 0 aromatic heterocycles. The zero-order chi connectivity index (χ0) is 17.3. The molecule has 3 unspecified atom stereocenters. The second kappa shape index (κ2) is 6.67. The van der Waals surface area contributed by atoms with Gasteiger partial charge < -0.3 is 15.0 Å². The molecule has 24 heavy (non-hydrogen) atoms. The van der Waals surface area contributed by atoms with Crippen LogP contribution >= 0.6 is 11.8 Å². The SMILES string of the molecule is CCC(NC(=O)C1CSC2(C)CCC(=O)N12)c1ccccc1OC. The second-order valence-electron chi connectivity index (χ2n) is 6.48. The molecule has 0 bridgehead atoms. The molecule has 2 fully saturated rings. The summed E-state index contributed by atoms with van der Waals surface area (Å²) in [6.07, 6.45) is 2.12. The lowest BCUT2D eigenvalue weighted by Gasteiger charge is -2.31. The van der Waals surface area contributed by atoms with Gasteiger partial charge in [-0.25, -0.2) is 0 Å². The third kappa shape index (κ3) is 2.88. The van der Waals surface area contributed by atoms with Gasteiger partial charge in [0.2, 0.25) is 11.8 Å². The van der Waals surface area contributed by atoms with E-state index >= 15 is 0 Å². The Kier molecular flexibility index (Phi) is 4.76. The first-order valence-electron chi connectivity index (χ1n) is 8.39. The first-order valence-corrected chi connectivity index (χ1v) is 9.38. The van der Waals surface area contributed by atoms with Crippen LogP contribution in [0.2, 0.25) is 0 Å². The van der Waals surface area contributed by atoms with Gasteiger partial charge in [-0.2, -0.15) is 0 Å². The minimum Gasteiger partial charge on any atom is -0.496 e. The number of ether oxygens (including phenoxy) is 1. The van der Waals surface area contributed by atoms with Gasteiger partial charge in [0.05, 0.1) is 18.0 Å². The molecule has 0 aliphatic carbocycles. The highest BCUT2D eigenvalue weighted by atomic mass is 32.2. The average Bonchev–Trinajstić information content (AvgIpc) is 3.09. The number of carbonyl (C=O) groups excluding carboxylic acids is 2. The number of rotatable bonds is 5. The average molecular weight is 348 g/mol. The van der Waals surface area contributed by atoms with Crippen LogP contribution in [0.1, 0.15) is 44.7 Å². The number of para-hydroxylation sites is 1. The van der Waals surface area contributed by atoms with Crippen LogP contribution in [-0.2, 0) is 9.59 Å². The normalized spacial score (nSPS) is 27.0. The lowest BCUT2D eigenvalue weighted by molar-refractivity contribution is -0.138. The highest BCUT2D eigenvalue weighted by Crippen LogP contribution is 2.47. The van der Waals surface area contributed by atoms with E-state index in [-0.39, 0.29) is 28.8 Å². The number of amides is 2. The van der Waals surface area contributed by atoms with Crippen LogP contribution in [-0.4, -0.2) is 40.5 Å². The molecule has 2 amide bonds. The van der Waals surface area contributed by atoms with E-state index in [0.29, 0.717) is 12.2 Å². The van der Waals surface area contributed by atoms with Crippen molar-refractivity contribution in [3.05, 3.63) is 29.8 Å². The van der Waals surface area contributed by atoms with Crippen LogP contribution < -0.4 is 10.1 Å². The summed E-state index contributed by atoms with van der Waals surface area (Å²) in [5.41, 5.74) is 0.969. The van der Waals surface area contributed by atoms with E-state index < -0.39 is 0 Å². The van der Waals surface area contributed by atoms with Crippen molar-refractivity contribution in [3.63, 3.8) is 0 Å². The summed E-state index contributed by atoms with van der Waals surface area (Å²) in [6, 6.07) is 7.23. The van der Waals surface area contributed by atoms with Crippen molar-refractivity contribution in [2.45, 2.75) is 50.1 Å². The maximum atomic E-state index is 12.9. The highest BCUT2D eigenvalue weighted by Gasteiger charge is 2.53. The standard InChI is InChI=1S/C18H24N2O3S/c1-4-13(12-7-5-6-8-15(12)23-3)19-17(22)14-11-24-18(2)10-9-16(21)20(14)18/h5-8,13-14H,4,9-11H2,1-3H3,(H,19,22). The van der Waals surface area contributed by atoms with E-state index in [9.17, 15) is 9.59 Å². The van der Waals surface area contributed by atoms with Crippen LogP contribution in [0.25, 0.3) is 0 Å². The maximum absolute atomic E-state index is 12.9. The molecule has 2 saturated heterocycles. The molecule has 6 heteroatoms. The van der Waals surface area contributed by atoms with Gasteiger partial charge in [0, 0.05) is 17.7 Å². The molecular weight excluding hydrogens is 324 g/mol. The van der Waals surface area contributed by atoms with Crippen molar-refractivity contribution in [1.82, 2.24) is 10.2 Å². The second-order valence-corrected chi connectivity index (χ2v) is 7.98. The molecule has 2 aliphatic rings. The largest absolute Gasteiger partial charge is 0.496 e. The topological polar surface area (TPSA) is 58.6 Å². The van der Waals surface area contributed by atoms with Gasteiger partial charge in [0.25, 0.3) is 0 Å². The molecule has 3 rings (SSSR count). The number of methoxy groups -OCH3 is 1. The molecule has 1 aromatic carbocycles. The fourth-order valence-corrected chi connectivity index (χ4v) is 5.07. The third-order valence-corrected chi connectivity index (χ3v) is 6.49. The Labute approximate surface area is 147 Å². The van der Waals surface area contributed by atoms with Crippen molar-refractivity contribution < 1.29 is 14.3 Å². The number of nitrogens with one attached hydrogen (secondary N) is 1. The number of hydrogen-bond donors (Lipinski definition) is 1. The predicted molar refractivity (Wildman–Crippen MR) is 94.9 cm³/mol. The van der Waals surface area contributed by atoms with Gasteiger partial charge in [-0.3, -0.25) is 9.59 Å². The summed E-state index contributed by atoms with van der Waals surface area (Å²) >= 11 is 1.71. The Morgan fingerprint density at radius 3 is 2.96 bits per heavy atom. The third-order valence-electron chi connectivity index (χ3n) is 4.99. The number of thioether (sulfide) groups is 1. The fraction of sp³-hybridized carbons (Fsp3) is 0.556. The van der Waals surface area contributed by atoms with Gasteiger partial charge in [0.1, 0.15) is 11.8 Å². The molecule has 0 radical (unpaired) electrons. The van der Waals surface area contributed by atoms with E-state index in [0.717, 1.165) is 24.2 Å². The van der Waals surface area contributed by atoms with Gasteiger partial charge in [-0.15, -0.1) is 11.8 Å². The Balaban J connectivity index is 1.77. The van der Waals surface area contributed by atoms with Crippen molar-refractivity contribution in [2.24, 2.45) is 0 Å². The van der Waals surface area contributed by atoms with Gasteiger partial charge in [0.15, 0.2) is 0 Å². The summed E-state index contributed by atoms with van der Waals surface area (Å²) in [7, 11) is 1.63. The number of nitrogens with zero attached hydrogens (tertiary/aromatic N) is 1. The monoisotopic (exact) mass is 348 g/mol. The number of carbonyl (C=O) groups is 2. The van der Waals surface area contributed by atoms with Gasteiger partial charge in [-0.1, -0.05) is 25.1 Å². The highest BCUT2D eigenvalue weighted by molar-refractivity contribution is 8.01. The van der Waals surface area contributed by atoms with Crippen molar-refractivity contribution in [1.29, 1.82) is 0 Å². The quantitative estimate of drug-likeness (QED) is 0.889. The fourth-order valence-electron chi connectivity index (χ4n) is 3.64. The first-order chi connectivity index (χ1) is 11.5. The zero-order valence-electron chi connectivity index (χ0n) is 14.4. The molecule has 1 N–H and O–H groups in total. The number of fused-ring (bicyclic) bond motifs is 1. The molecule has 2 aliphatic heterocycles. The molecule has 0 saturated carbocycles. The maximum Gasteiger partial charge on any atom is 0.244 e. The molecule has 5 nitrogen and oxygen atoms in total. The van der Waals surface area contributed by atoms with Crippen LogP contribution in [0.3, 0.4) is 0 Å². The Morgan fingerprint density at radius 2 is 2.25 bits per heavy atom. The van der Waals surface area contributed by atoms with E-state index in [1.54, 1.807) is 23.8 Å². The Morgan fingerprint density at radius 1 is 1.50 bits per heavy atom. The smallest absolute Gasteiger partial charge is 0.244 e. The van der Waals surface area contributed by atoms with E-state index in [2.05, 4.69) is 12.2 Å². The minimum atomic E-state index is -0.376. The molecular formula is C18H24N2O3S. The van der Waals surface area contributed by atoms with Crippen LogP contribution in [0, 0.1) is 0 Å². The van der Waals surface area contributed by atoms with Crippen LogP contribution in [0.5, 0.6) is 5.75 Å². The molecule has 0 spiro atoms. The summed E-state index contributed by atoms with van der Waals surface area (Å²) in [6.45, 7) is 4.10.